The predicted molar refractivity (Wildman–Crippen MR) is 96.3 cm³/mol. The molecule has 0 aliphatic carbocycles. The van der Waals surface area contributed by atoms with Crippen LogP contribution in [0.3, 0.4) is 0 Å². The topological polar surface area (TPSA) is 66.1 Å². The molecule has 1 saturated heterocycles. The van der Waals surface area contributed by atoms with Crippen LogP contribution in [-0.4, -0.2) is 29.2 Å². The van der Waals surface area contributed by atoms with Crippen LogP contribution in [0.4, 0.5) is 0 Å². The van der Waals surface area contributed by atoms with Gasteiger partial charge in [-0.3, -0.25) is 0 Å². The van der Waals surface area contributed by atoms with Crippen molar-refractivity contribution in [3.05, 3.63) is 72.8 Å². The van der Waals surface area contributed by atoms with Crippen LogP contribution in [0.1, 0.15) is 24.7 Å². The zero-order chi connectivity index (χ0) is 17.3. The average Bonchev–Trinajstić information content (AvgIpc) is 3.34. The molecular formula is C19H19N3O2S. The van der Waals surface area contributed by atoms with Crippen LogP contribution in [0.2, 0.25) is 0 Å². The summed E-state index contributed by atoms with van der Waals surface area (Å²) in [6.45, 7) is 0.522. The van der Waals surface area contributed by atoms with E-state index in [4.69, 9.17) is 0 Å². The van der Waals surface area contributed by atoms with E-state index in [2.05, 4.69) is 9.97 Å². The van der Waals surface area contributed by atoms with Crippen LogP contribution in [0.5, 0.6) is 0 Å². The molecule has 3 aromatic rings. The summed E-state index contributed by atoms with van der Waals surface area (Å²) in [5.74, 6) is 0.710. The summed E-state index contributed by atoms with van der Waals surface area (Å²) >= 11 is 0. The van der Waals surface area contributed by atoms with Gasteiger partial charge in [-0.05, 0) is 36.1 Å². The number of nitrogens with zero attached hydrogens (tertiary/aromatic N) is 2. The maximum atomic E-state index is 13.1. The SMILES string of the molecule is O=S(=O)(c1ccc(-c2ccccc2)cc1)N1CCC[C@H]1c1ncc[nH]1. The van der Waals surface area contributed by atoms with Gasteiger partial charge in [-0.1, -0.05) is 42.5 Å². The summed E-state index contributed by atoms with van der Waals surface area (Å²) in [5.41, 5.74) is 2.07. The zero-order valence-corrected chi connectivity index (χ0v) is 14.5. The van der Waals surface area contributed by atoms with Gasteiger partial charge in [-0.2, -0.15) is 4.31 Å². The molecule has 5 nitrogen and oxygen atoms in total. The van der Waals surface area contributed by atoms with E-state index in [1.807, 2.05) is 42.5 Å². The van der Waals surface area contributed by atoms with E-state index in [1.165, 1.54) is 0 Å². The predicted octanol–water partition coefficient (Wildman–Crippen LogP) is 3.60. The maximum absolute atomic E-state index is 13.1. The molecule has 0 unspecified atom stereocenters. The minimum absolute atomic E-state index is 0.214. The van der Waals surface area contributed by atoms with Crippen molar-refractivity contribution < 1.29 is 8.42 Å². The first kappa shape index (κ1) is 16.1. The highest BCUT2D eigenvalue weighted by Crippen LogP contribution is 2.35. The number of benzene rings is 2. The normalized spacial score (nSPS) is 18.5. The molecule has 128 valence electrons. The Hall–Kier alpha value is -2.44. The average molecular weight is 353 g/mol. The molecular weight excluding hydrogens is 334 g/mol. The largest absolute Gasteiger partial charge is 0.347 e. The number of sulfonamides is 1. The van der Waals surface area contributed by atoms with E-state index >= 15 is 0 Å². The molecule has 0 amide bonds. The Morgan fingerprint density at radius 2 is 1.72 bits per heavy atom. The number of hydrogen-bond acceptors (Lipinski definition) is 3. The number of aromatic nitrogens is 2. The van der Waals surface area contributed by atoms with Gasteiger partial charge in [0.2, 0.25) is 10.0 Å². The molecule has 2 heterocycles. The van der Waals surface area contributed by atoms with Crippen LogP contribution < -0.4 is 0 Å². The second kappa shape index (κ2) is 6.46. The highest BCUT2D eigenvalue weighted by Gasteiger charge is 2.37. The first-order valence-corrected chi connectivity index (χ1v) is 9.77. The summed E-state index contributed by atoms with van der Waals surface area (Å²) in [6.07, 6.45) is 5.02. The third kappa shape index (κ3) is 2.99. The van der Waals surface area contributed by atoms with Gasteiger partial charge in [-0.15, -0.1) is 0 Å². The maximum Gasteiger partial charge on any atom is 0.243 e. The Morgan fingerprint density at radius 3 is 2.40 bits per heavy atom. The van der Waals surface area contributed by atoms with E-state index in [9.17, 15) is 8.42 Å². The monoisotopic (exact) mass is 353 g/mol. The molecule has 1 fully saturated rings. The molecule has 0 spiro atoms. The molecule has 1 atom stereocenters. The fraction of sp³-hybridized carbons (Fsp3) is 0.211. The highest BCUT2D eigenvalue weighted by molar-refractivity contribution is 7.89. The van der Waals surface area contributed by atoms with Crippen LogP contribution in [0, 0.1) is 0 Å². The van der Waals surface area contributed by atoms with Crippen molar-refractivity contribution in [1.29, 1.82) is 0 Å². The summed E-state index contributed by atoms with van der Waals surface area (Å²) < 4.78 is 27.7. The molecule has 1 aliphatic heterocycles. The van der Waals surface area contributed by atoms with E-state index in [1.54, 1.807) is 28.8 Å². The lowest BCUT2D eigenvalue weighted by Gasteiger charge is -2.22. The number of imidazole rings is 1. The molecule has 1 aliphatic rings. The van der Waals surface area contributed by atoms with E-state index < -0.39 is 10.0 Å². The Bertz CT molecular complexity index is 936. The van der Waals surface area contributed by atoms with Gasteiger partial charge >= 0.3 is 0 Å². The molecule has 25 heavy (non-hydrogen) atoms. The fourth-order valence-corrected chi connectivity index (χ4v) is 5.01. The first-order valence-electron chi connectivity index (χ1n) is 8.33. The summed E-state index contributed by atoms with van der Waals surface area (Å²) in [4.78, 5) is 7.62. The molecule has 0 bridgehead atoms. The van der Waals surface area contributed by atoms with Crippen LogP contribution in [0.15, 0.2) is 71.9 Å². The van der Waals surface area contributed by atoms with Crippen molar-refractivity contribution in [1.82, 2.24) is 14.3 Å². The van der Waals surface area contributed by atoms with E-state index in [0.29, 0.717) is 17.3 Å². The van der Waals surface area contributed by atoms with Crippen LogP contribution >= 0.6 is 0 Å². The van der Waals surface area contributed by atoms with Crippen molar-refractivity contribution in [3.8, 4) is 11.1 Å². The molecule has 1 N–H and O–H groups in total. The van der Waals surface area contributed by atoms with Gasteiger partial charge in [0.05, 0.1) is 10.9 Å². The summed E-state index contributed by atoms with van der Waals surface area (Å²) in [6, 6.07) is 16.8. The third-order valence-corrected chi connectivity index (χ3v) is 6.53. The van der Waals surface area contributed by atoms with E-state index in [0.717, 1.165) is 24.0 Å². The highest BCUT2D eigenvalue weighted by atomic mass is 32.2. The van der Waals surface area contributed by atoms with Gasteiger partial charge < -0.3 is 4.98 Å². The smallest absolute Gasteiger partial charge is 0.243 e. The standard InChI is InChI=1S/C19H19N3O2S/c23-25(24,22-14-4-7-18(22)19-20-12-13-21-19)17-10-8-16(9-11-17)15-5-2-1-3-6-15/h1-3,5-6,8-13,18H,4,7,14H2,(H,20,21)/t18-/m0/s1. The molecule has 2 aromatic carbocycles. The quantitative estimate of drug-likeness (QED) is 0.779. The Morgan fingerprint density at radius 1 is 1.00 bits per heavy atom. The molecule has 1 aromatic heterocycles. The summed E-state index contributed by atoms with van der Waals surface area (Å²) in [7, 11) is -3.54. The lowest BCUT2D eigenvalue weighted by molar-refractivity contribution is 0.385. The third-order valence-electron chi connectivity index (χ3n) is 4.61. The van der Waals surface area contributed by atoms with Crippen molar-refractivity contribution in [3.63, 3.8) is 0 Å². The molecule has 0 radical (unpaired) electrons. The Kier molecular flexibility index (Phi) is 4.15. The van der Waals surface area contributed by atoms with Gasteiger partial charge in [0.1, 0.15) is 5.82 Å². The number of nitrogens with one attached hydrogen (secondary N) is 1. The lowest BCUT2D eigenvalue weighted by atomic mass is 10.1. The van der Waals surface area contributed by atoms with Gasteiger partial charge in [0.25, 0.3) is 0 Å². The number of H-pyrrole nitrogens is 1. The zero-order valence-electron chi connectivity index (χ0n) is 13.7. The first-order chi connectivity index (χ1) is 12.2. The number of rotatable bonds is 4. The molecule has 4 rings (SSSR count). The van der Waals surface area contributed by atoms with Crippen LogP contribution in [-0.2, 0) is 10.0 Å². The summed E-state index contributed by atoms with van der Waals surface area (Å²) in [5, 5.41) is 0. The van der Waals surface area contributed by atoms with Gasteiger partial charge in [0, 0.05) is 18.9 Å². The van der Waals surface area contributed by atoms with Crippen molar-refractivity contribution in [2.75, 3.05) is 6.54 Å². The van der Waals surface area contributed by atoms with Crippen molar-refractivity contribution >= 4 is 10.0 Å². The Labute approximate surface area is 147 Å². The Balaban J connectivity index is 1.64. The van der Waals surface area contributed by atoms with E-state index in [-0.39, 0.29) is 6.04 Å². The van der Waals surface area contributed by atoms with Crippen LogP contribution in [0.25, 0.3) is 11.1 Å². The molecule has 6 heteroatoms. The van der Waals surface area contributed by atoms with Crippen molar-refractivity contribution in [2.24, 2.45) is 0 Å². The minimum atomic E-state index is -3.54. The van der Waals surface area contributed by atoms with Gasteiger partial charge in [0.15, 0.2) is 0 Å². The fourth-order valence-electron chi connectivity index (χ4n) is 3.35. The number of aromatic amines is 1. The number of hydrogen-bond donors (Lipinski definition) is 1. The van der Waals surface area contributed by atoms with Crippen molar-refractivity contribution in [2.45, 2.75) is 23.8 Å². The second-order valence-corrected chi connectivity index (χ2v) is 8.03. The molecule has 0 saturated carbocycles. The van der Waals surface area contributed by atoms with Gasteiger partial charge in [-0.25, -0.2) is 13.4 Å². The lowest BCUT2D eigenvalue weighted by Crippen LogP contribution is -2.31. The second-order valence-electron chi connectivity index (χ2n) is 6.14. The minimum Gasteiger partial charge on any atom is -0.347 e.